The van der Waals surface area contributed by atoms with Gasteiger partial charge in [0.15, 0.2) is 6.73 Å². The lowest BCUT2D eigenvalue weighted by molar-refractivity contribution is 0.117. The first kappa shape index (κ1) is 20.2. The van der Waals surface area contributed by atoms with Gasteiger partial charge < -0.3 is 14.0 Å². The molecule has 0 spiro atoms. The van der Waals surface area contributed by atoms with Crippen LogP contribution in [0, 0.1) is 13.8 Å². The van der Waals surface area contributed by atoms with Crippen LogP contribution in [0.1, 0.15) is 35.5 Å². The van der Waals surface area contributed by atoms with Gasteiger partial charge in [0.1, 0.15) is 12.0 Å². The smallest absolute Gasteiger partial charge is 0.237 e. The molecule has 164 valence electrons. The standard InChI is InChI=1S/C25H26N4O3/c1-17-15-28(16-31-17)26-14-22-13-21(9-10-23(22)20-7-5-4-6-8-20)25-29(11-12-30-25)24-18(2)19(3)27-32-24/h4-13,15,25-26H,14,16H2,1-3H3. The minimum Gasteiger partial charge on any atom is -0.475 e. The summed E-state index contributed by atoms with van der Waals surface area (Å²) in [6, 6.07) is 16.8. The van der Waals surface area contributed by atoms with E-state index >= 15 is 0 Å². The normalized spacial score (nSPS) is 17.5. The van der Waals surface area contributed by atoms with E-state index < -0.39 is 0 Å². The topological polar surface area (TPSA) is 63.0 Å². The van der Waals surface area contributed by atoms with Crippen molar-refractivity contribution >= 4 is 5.88 Å². The number of ether oxygens (including phenoxy) is 2. The molecule has 1 aromatic heterocycles. The predicted molar refractivity (Wildman–Crippen MR) is 122 cm³/mol. The van der Waals surface area contributed by atoms with Crippen molar-refractivity contribution in [2.75, 3.05) is 11.6 Å². The third-order valence-electron chi connectivity index (χ3n) is 5.79. The summed E-state index contributed by atoms with van der Waals surface area (Å²) >= 11 is 0. The Labute approximate surface area is 187 Å². The van der Waals surface area contributed by atoms with E-state index in [1.807, 2.05) is 49.1 Å². The molecular formula is C25H26N4O3. The van der Waals surface area contributed by atoms with Crippen LogP contribution in [0.5, 0.6) is 0 Å². The van der Waals surface area contributed by atoms with Gasteiger partial charge in [0, 0.05) is 23.9 Å². The molecular weight excluding hydrogens is 404 g/mol. The second kappa shape index (κ2) is 8.43. The SMILES string of the molecule is CC1=CN(NCc2cc(C3OC=CN3c3onc(C)c3C)ccc2-c2ccccc2)CO1. The molecule has 0 aliphatic carbocycles. The monoisotopic (exact) mass is 430 g/mol. The molecule has 0 radical (unpaired) electrons. The number of nitrogens with one attached hydrogen (secondary N) is 1. The fourth-order valence-corrected chi connectivity index (χ4v) is 3.93. The second-order valence-electron chi connectivity index (χ2n) is 7.98. The van der Waals surface area contributed by atoms with Gasteiger partial charge in [-0.25, -0.2) is 5.43 Å². The molecule has 0 saturated carbocycles. The van der Waals surface area contributed by atoms with Crippen LogP contribution < -0.4 is 10.3 Å². The first-order valence-corrected chi connectivity index (χ1v) is 10.6. The first-order valence-electron chi connectivity index (χ1n) is 10.6. The predicted octanol–water partition coefficient (Wildman–Crippen LogP) is 5.12. The molecule has 1 atom stereocenters. The van der Waals surface area contributed by atoms with E-state index in [0.29, 0.717) is 19.2 Å². The Bertz CT molecular complexity index is 1170. The Morgan fingerprint density at radius 3 is 2.66 bits per heavy atom. The number of nitrogens with zero attached hydrogens (tertiary/aromatic N) is 3. The number of aryl methyl sites for hydroxylation is 1. The number of rotatable bonds is 6. The lowest BCUT2D eigenvalue weighted by Gasteiger charge is -2.24. The van der Waals surface area contributed by atoms with Crippen LogP contribution in [0.25, 0.3) is 11.1 Å². The Morgan fingerprint density at radius 2 is 1.94 bits per heavy atom. The van der Waals surface area contributed by atoms with Gasteiger partial charge in [0.2, 0.25) is 12.1 Å². The summed E-state index contributed by atoms with van der Waals surface area (Å²) in [5.41, 5.74) is 9.86. The third-order valence-corrected chi connectivity index (χ3v) is 5.79. The number of anilines is 1. The molecule has 0 amide bonds. The minimum atomic E-state index is -0.318. The maximum absolute atomic E-state index is 5.96. The highest BCUT2D eigenvalue weighted by atomic mass is 16.5. The number of hydrogen-bond donors (Lipinski definition) is 1. The Kier molecular flexibility index (Phi) is 5.33. The van der Waals surface area contributed by atoms with Gasteiger partial charge >= 0.3 is 0 Å². The van der Waals surface area contributed by atoms with Crippen LogP contribution in [0.15, 0.2) is 77.5 Å². The molecule has 2 aliphatic heterocycles. The highest BCUT2D eigenvalue weighted by molar-refractivity contribution is 5.68. The molecule has 0 bridgehead atoms. The maximum atomic E-state index is 5.96. The summed E-state index contributed by atoms with van der Waals surface area (Å²) in [6.07, 6.45) is 5.23. The van der Waals surface area contributed by atoms with Crippen molar-refractivity contribution in [3.8, 4) is 11.1 Å². The number of benzene rings is 2. The zero-order chi connectivity index (χ0) is 22.1. The average Bonchev–Trinajstić information content (AvgIpc) is 3.54. The number of hydrazine groups is 1. The largest absolute Gasteiger partial charge is 0.475 e. The van der Waals surface area contributed by atoms with Crippen molar-refractivity contribution in [3.63, 3.8) is 0 Å². The summed E-state index contributed by atoms with van der Waals surface area (Å²) in [6.45, 7) is 7.04. The maximum Gasteiger partial charge on any atom is 0.237 e. The molecule has 7 nitrogen and oxygen atoms in total. The molecule has 3 heterocycles. The van der Waals surface area contributed by atoms with Crippen molar-refractivity contribution in [1.29, 1.82) is 0 Å². The lowest BCUT2D eigenvalue weighted by atomic mass is 9.96. The van der Waals surface area contributed by atoms with Gasteiger partial charge in [-0.3, -0.25) is 9.91 Å². The van der Waals surface area contributed by atoms with E-state index in [4.69, 9.17) is 14.0 Å². The van der Waals surface area contributed by atoms with Crippen LogP contribution in [0.4, 0.5) is 5.88 Å². The zero-order valence-corrected chi connectivity index (χ0v) is 18.4. The van der Waals surface area contributed by atoms with E-state index in [-0.39, 0.29) is 6.23 Å². The van der Waals surface area contributed by atoms with Crippen molar-refractivity contribution in [1.82, 2.24) is 15.6 Å². The lowest BCUT2D eigenvalue weighted by Crippen LogP contribution is -2.31. The van der Waals surface area contributed by atoms with E-state index in [2.05, 4.69) is 53.0 Å². The Hall–Kier alpha value is -3.71. The molecule has 5 rings (SSSR count). The van der Waals surface area contributed by atoms with Gasteiger partial charge in [-0.2, -0.15) is 0 Å². The fraction of sp³-hybridized carbons (Fsp3) is 0.240. The fourth-order valence-electron chi connectivity index (χ4n) is 3.93. The highest BCUT2D eigenvalue weighted by Crippen LogP contribution is 2.37. The molecule has 0 saturated heterocycles. The third kappa shape index (κ3) is 3.83. The van der Waals surface area contributed by atoms with E-state index in [1.165, 1.54) is 11.1 Å². The van der Waals surface area contributed by atoms with Crippen molar-refractivity contribution in [3.05, 3.63) is 95.3 Å². The van der Waals surface area contributed by atoms with Crippen molar-refractivity contribution < 1.29 is 14.0 Å². The van der Waals surface area contributed by atoms with Crippen LogP contribution in [-0.2, 0) is 16.0 Å². The molecule has 1 unspecified atom stereocenters. The summed E-state index contributed by atoms with van der Waals surface area (Å²) < 4.78 is 17.1. The van der Waals surface area contributed by atoms with E-state index in [0.717, 1.165) is 28.1 Å². The Morgan fingerprint density at radius 1 is 1.09 bits per heavy atom. The average molecular weight is 431 g/mol. The molecule has 1 N–H and O–H groups in total. The summed E-state index contributed by atoms with van der Waals surface area (Å²) in [7, 11) is 0. The second-order valence-corrected chi connectivity index (χ2v) is 7.98. The van der Waals surface area contributed by atoms with Gasteiger partial charge in [-0.1, -0.05) is 47.6 Å². The van der Waals surface area contributed by atoms with Gasteiger partial charge in [0.25, 0.3) is 0 Å². The minimum absolute atomic E-state index is 0.318. The summed E-state index contributed by atoms with van der Waals surface area (Å²) in [5, 5.41) is 6.06. The van der Waals surface area contributed by atoms with Crippen molar-refractivity contribution in [2.45, 2.75) is 33.5 Å². The van der Waals surface area contributed by atoms with E-state index in [1.54, 1.807) is 6.26 Å². The molecule has 3 aromatic rings. The number of aromatic nitrogens is 1. The number of hydrogen-bond acceptors (Lipinski definition) is 7. The van der Waals surface area contributed by atoms with Crippen LogP contribution in [0.2, 0.25) is 0 Å². The van der Waals surface area contributed by atoms with Gasteiger partial charge in [-0.15, -0.1) is 0 Å². The zero-order valence-electron chi connectivity index (χ0n) is 18.4. The van der Waals surface area contributed by atoms with Gasteiger partial charge in [-0.05, 0) is 43.5 Å². The molecule has 32 heavy (non-hydrogen) atoms. The number of allylic oxidation sites excluding steroid dienone is 1. The Balaban J connectivity index is 1.47. The van der Waals surface area contributed by atoms with Crippen LogP contribution in [-0.4, -0.2) is 16.9 Å². The molecule has 2 aliphatic rings. The summed E-state index contributed by atoms with van der Waals surface area (Å²) in [4.78, 5) is 1.98. The van der Waals surface area contributed by atoms with Crippen LogP contribution in [0.3, 0.4) is 0 Å². The van der Waals surface area contributed by atoms with Gasteiger partial charge in [0.05, 0.1) is 11.9 Å². The summed E-state index contributed by atoms with van der Waals surface area (Å²) in [5.74, 6) is 1.59. The quantitative estimate of drug-likeness (QED) is 0.582. The first-order chi connectivity index (χ1) is 15.6. The van der Waals surface area contributed by atoms with E-state index in [9.17, 15) is 0 Å². The molecule has 7 heteroatoms. The molecule has 0 fully saturated rings. The molecule has 2 aromatic carbocycles. The van der Waals surface area contributed by atoms with Crippen LogP contribution >= 0.6 is 0 Å². The highest BCUT2D eigenvalue weighted by Gasteiger charge is 2.29. The van der Waals surface area contributed by atoms with Crippen molar-refractivity contribution in [2.24, 2.45) is 0 Å².